The average Bonchev–Trinajstić information content (AvgIpc) is 2.97. The predicted octanol–water partition coefficient (Wildman–Crippen LogP) is 4.50. The van der Waals surface area contributed by atoms with Crippen LogP contribution >= 0.6 is 0 Å². The van der Waals surface area contributed by atoms with Crippen LogP contribution < -0.4 is 25.4 Å². The normalized spacial score (nSPS) is 17.4. The summed E-state index contributed by atoms with van der Waals surface area (Å²) in [6, 6.07) is 25.8. The number of nitrogens with zero attached hydrogens (tertiary/aromatic N) is 4. The Morgan fingerprint density at radius 2 is 1.37 bits per heavy atom. The molecule has 198 valence electrons. The number of phenols is 1. The lowest BCUT2D eigenvalue weighted by Gasteiger charge is -2.39. The van der Waals surface area contributed by atoms with Crippen molar-refractivity contribution >= 4 is 23.1 Å². The van der Waals surface area contributed by atoms with E-state index in [-0.39, 0.29) is 23.9 Å². The number of carbonyl (C=O) groups excluding carboxylic acids is 1. The van der Waals surface area contributed by atoms with Gasteiger partial charge in [-0.25, -0.2) is 9.80 Å². The Labute approximate surface area is 224 Å². The Hall–Kier alpha value is -4.17. The molecule has 0 radical (unpaired) electrons. The molecule has 2 aliphatic heterocycles. The van der Waals surface area contributed by atoms with Gasteiger partial charge in [-0.15, -0.1) is 0 Å². The van der Waals surface area contributed by atoms with E-state index in [1.165, 1.54) is 5.56 Å². The van der Waals surface area contributed by atoms with Crippen molar-refractivity contribution < 1.29 is 9.90 Å². The zero-order valence-corrected chi connectivity index (χ0v) is 22.0. The van der Waals surface area contributed by atoms with Crippen molar-refractivity contribution in [3.63, 3.8) is 0 Å². The molecule has 3 aromatic rings. The molecule has 0 aromatic heterocycles. The van der Waals surface area contributed by atoms with Gasteiger partial charge in [0.25, 0.3) is 0 Å². The smallest absolute Gasteiger partial charge is 0.347 e. The number of nitrogens with one attached hydrogen (secondary N) is 2. The van der Waals surface area contributed by atoms with Crippen LogP contribution in [0.25, 0.3) is 0 Å². The van der Waals surface area contributed by atoms with Gasteiger partial charge in [0.15, 0.2) is 0 Å². The summed E-state index contributed by atoms with van der Waals surface area (Å²) >= 11 is 0. The number of urea groups is 1. The van der Waals surface area contributed by atoms with Gasteiger partial charge >= 0.3 is 6.03 Å². The van der Waals surface area contributed by atoms with Gasteiger partial charge in [-0.1, -0.05) is 30.3 Å². The first-order valence-corrected chi connectivity index (χ1v) is 13.2. The number of piperazine rings is 1. The molecule has 2 aliphatic rings. The van der Waals surface area contributed by atoms with E-state index in [1.807, 2.05) is 49.4 Å². The van der Waals surface area contributed by atoms with Crippen LogP contribution in [0, 0.1) is 0 Å². The van der Waals surface area contributed by atoms with Crippen molar-refractivity contribution in [1.29, 1.82) is 0 Å². The number of benzene rings is 3. The number of phenolic OH excluding ortho intramolecular Hbond substituents is 1. The number of hydrogen-bond acceptors (Lipinski definition) is 6. The molecule has 3 N–H and O–H groups in total. The number of aromatic hydroxyl groups is 1. The predicted molar refractivity (Wildman–Crippen MR) is 153 cm³/mol. The minimum absolute atomic E-state index is 0.0668. The van der Waals surface area contributed by atoms with Crippen LogP contribution in [0.5, 0.6) is 5.75 Å². The maximum absolute atomic E-state index is 13.4. The maximum atomic E-state index is 13.4. The number of carbonyl (C=O) groups is 1. The van der Waals surface area contributed by atoms with Crippen molar-refractivity contribution in [1.82, 2.24) is 15.8 Å². The third kappa shape index (κ3) is 5.70. The van der Waals surface area contributed by atoms with Crippen LogP contribution in [0.1, 0.15) is 19.4 Å². The van der Waals surface area contributed by atoms with Gasteiger partial charge in [0.05, 0.1) is 11.7 Å². The third-order valence-corrected chi connectivity index (χ3v) is 7.44. The minimum atomic E-state index is -0.108. The molecular formula is C30H36N6O2. The molecule has 8 heteroatoms. The minimum Gasteiger partial charge on any atom is -0.508 e. The quantitative estimate of drug-likeness (QED) is 0.413. The van der Waals surface area contributed by atoms with E-state index in [9.17, 15) is 9.90 Å². The molecule has 0 aliphatic carbocycles. The highest BCUT2D eigenvalue weighted by atomic mass is 16.3. The Balaban J connectivity index is 1.17. The van der Waals surface area contributed by atoms with Crippen LogP contribution in [0.15, 0.2) is 91.3 Å². The van der Waals surface area contributed by atoms with Crippen LogP contribution in [0.4, 0.5) is 21.9 Å². The van der Waals surface area contributed by atoms with Crippen molar-refractivity contribution in [3.05, 3.63) is 96.8 Å². The molecule has 2 unspecified atom stereocenters. The second-order valence-corrected chi connectivity index (χ2v) is 9.87. The SMILES string of the molecule is CC(NCc1ccccc1)C(C)N1NC=CN(c2ccc(N3CCN(c4ccc(O)cc4)CC3)cc2)C1=O. The largest absolute Gasteiger partial charge is 0.508 e. The maximum Gasteiger partial charge on any atom is 0.347 e. The number of hydrogen-bond donors (Lipinski definition) is 3. The van der Waals surface area contributed by atoms with E-state index < -0.39 is 0 Å². The number of rotatable bonds is 8. The first kappa shape index (κ1) is 25.5. The Kier molecular flexibility index (Phi) is 7.70. The number of anilines is 3. The zero-order valence-electron chi connectivity index (χ0n) is 22.0. The molecule has 5 rings (SSSR count). The second kappa shape index (κ2) is 11.5. The summed E-state index contributed by atoms with van der Waals surface area (Å²) < 4.78 is 0. The fraction of sp³-hybridized carbons (Fsp3) is 0.300. The first-order chi connectivity index (χ1) is 18.5. The standard InChI is InChI=1S/C30H36N6O2/c1-23(31-22-25-6-4-3-5-7-25)24(2)36-30(38)35(17-16-32-36)28-10-8-26(9-11-28)33-18-20-34(21-19-33)27-12-14-29(37)15-13-27/h3-17,23-24,31-32,37H,18-22H2,1-2H3. The summed E-state index contributed by atoms with van der Waals surface area (Å²) in [5.74, 6) is 0.289. The highest BCUT2D eigenvalue weighted by molar-refractivity contribution is 5.94. The summed E-state index contributed by atoms with van der Waals surface area (Å²) in [6.45, 7) is 8.54. The lowest BCUT2D eigenvalue weighted by Crippen LogP contribution is -2.59. The molecular weight excluding hydrogens is 476 g/mol. The summed E-state index contributed by atoms with van der Waals surface area (Å²) in [7, 11) is 0. The molecule has 1 saturated heterocycles. The van der Waals surface area contributed by atoms with Gasteiger partial charge in [-0.3, -0.25) is 4.90 Å². The first-order valence-electron chi connectivity index (χ1n) is 13.2. The fourth-order valence-corrected chi connectivity index (χ4v) is 4.89. The van der Waals surface area contributed by atoms with Crippen LogP contribution in [0.2, 0.25) is 0 Å². The molecule has 2 heterocycles. The van der Waals surface area contributed by atoms with Gasteiger partial charge < -0.3 is 25.6 Å². The van der Waals surface area contributed by atoms with Gasteiger partial charge in [0.2, 0.25) is 0 Å². The molecule has 38 heavy (non-hydrogen) atoms. The summed E-state index contributed by atoms with van der Waals surface area (Å²) in [5.41, 5.74) is 7.45. The van der Waals surface area contributed by atoms with Crippen molar-refractivity contribution in [2.75, 3.05) is 40.9 Å². The van der Waals surface area contributed by atoms with Crippen molar-refractivity contribution in [3.8, 4) is 5.75 Å². The summed E-state index contributed by atoms with van der Waals surface area (Å²) in [5, 5.41) is 14.8. The van der Waals surface area contributed by atoms with E-state index in [4.69, 9.17) is 0 Å². The third-order valence-electron chi connectivity index (χ3n) is 7.44. The fourth-order valence-electron chi connectivity index (χ4n) is 4.89. The zero-order chi connectivity index (χ0) is 26.5. The monoisotopic (exact) mass is 512 g/mol. The van der Waals surface area contributed by atoms with E-state index in [1.54, 1.807) is 34.4 Å². The Morgan fingerprint density at radius 1 is 0.816 bits per heavy atom. The lowest BCUT2D eigenvalue weighted by atomic mass is 10.1. The summed E-state index contributed by atoms with van der Waals surface area (Å²) in [6.07, 6.45) is 3.58. The molecule has 0 spiro atoms. The molecule has 3 aromatic carbocycles. The highest BCUT2D eigenvalue weighted by Crippen LogP contribution is 2.26. The van der Waals surface area contributed by atoms with E-state index in [2.05, 4.69) is 51.7 Å². The van der Waals surface area contributed by atoms with Crippen molar-refractivity contribution in [2.45, 2.75) is 32.5 Å². The molecule has 2 atom stereocenters. The van der Waals surface area contributed by atoms with E-state index in [0.717, 1.165) is 49.8 Å². The number of hydrazine groups is 1. The van der Waals surface area contributed by atoms with E-state index >= 15 is 0 Å². The average molecular weight is 513 g/mol. The molecule has 8 nitrogen and oxygen atoms in total. The van der Waals surface area contributed by atoms with Crippen LogP contribution in [-0.4, -0.2) is 54.4 Å². The topological polar surface area (TPSA) is 74.3 Å². The number of amides is 2. The highest BCUT2D eigenvalue weighted by Gasteiger charge is 2.30. The molecule has 0 saturated carbocycles. The van der Waals surface area contributed by atoms with Gasteiger partial charge in [-0.05, 0) is 67.9 Å². The van der Waals surface area contributed by atoms with Crippen LogP contribution in [0.3, 0.4) is 0 Å². The Bertz CT molecular complexity index is 1220. The summed E-state index contributed by atoms with van der Waals surface area (Å²) in [4.78, 5) is 19.8. The Morgan fingerprint density at radius 3 is 1.97 bits per heavy atom. The van der Waals surface area contributed by atoms with Gasteiger partial charge in [0.1, 0.15) is 5.75 Å². The van der Waals surface area contributed by atoms with Gasteiger partial charge in [0, 0.05) is 62.5 Å². The molecule has 2 amide bonds. The van der Waals surface area contributed by atoms with Gasteiger partial charge in [-0.2, -0.15) is 0 Å². The lowest BCUT2D eigenvalue weighted by molar-refractivity contribution is 0.146. The van der Waals surface area contributed by atoms with E-state index in [0.29, 0.717) is 0 Å². The molecule has 0 bridgehead atoms. The van der Waals surface area contributed by atoms with Crippen molar-refractivity contribution in [2.24, 2.45) is 0 Å². The second-order valence-electron chi connectivity index (χ2n) is 9.87. The molecule has 1 fully saturated rings. The van der Waals surface area contributed by atoms with Crippen LogP contribution in [-0.2, 0) is 6.54 Å².